The van der Waals surface area contributed by atoms with E-state index in [1.165, 1.54) is 0 Å². The van der Waals surface area contributed by atoms with Crippen LogP contribution in [0.3, 0.4) is 0 Å². The molecule has 1 aromatic heterocycles. The number of aromatic amines is 1. The van der Waals surface area contributed by atoms with Crippen LogP contribution in [0.1, 0.15) is 16.8 Å². The number of aromatic nitrogens is 2. The highest BCUT2D eigenvalue weighted by Crippen LogP contribution is 2.24. The third-order valence-electron chi connectivity index (χ3n) is 2.99. The van der Waals surface area contributed by atoms with Gasteiger partial charge in [-0.15, -0.1) is 0 Å². The van der Waals surface area contributed by atoms with E-state index >= 15 is 0 Å². The van der Waals surface area contributed by atoms with Crippen LogP contribution >= 0.6 is 0 Å². The molecule has 1 saturated heterocycles. The molecule has 104 valence electrons. The van der Waals surface area contributed by atoms with E-state index in [-0.39, 0.29) is 13.1 Å². The molecule has 1 amide bonds. The Balaban J connectivity index is 2.31. The second kappa shape index (κ2) is 4.63. The summed E-state index contributed by atoms with van der Waals surface area (Å²) in [5.74, 6) is -2.51. The SMILES string of the molecule is NC(=O)C1CCN(S(=O)(=O)c2[nH]ncc2C(=O)O)C1. The van der Waals surface area contributed by atoms with Crippen LogP contribution in [-0.4, -0.2) is 53.0 Å². The summed E-state index contributed by atoms with van der Waals surface area (Å²) in [7, 11) is -4.01. The van der Waals surface area contributed by atoms with Crippen molar-refractivity contribution in [1.29, 1.82) is 0 Å². The number of nitrogens with two attached hydrogens (primary N) is 1. The Bertz CT molecular complexity index is 622. The number of sulfonamides is 1. The fourth-order valence-corrected chi connectivity index (χ4v) is 3.50. The highest BCUT2D eigenvalue weighted by atomic mass is 32.2. The van der Waals surface area contributed by atoms with Crippen LogP contribution in [-0.2, 0) is 14.8 Å². The standard InChI is InChI=1S/C9H12N4O5S/c10-7(14)5-1-2-13(4-5)19(17,18)8-6(9(15)16)3-11-12-8/h3,5H,1-2,4H2,(H2,10,14)(H,11,12)(H,15,16). The van der Waals surface area contributed by atoms with Gasteiger partial charge in [0.1, 0.15) is 5.56 Å². The lowest BCUT2D eigenvalue weighted by molar-refractivity contribution is -0.121. The summed E-state index contributed by atoms with van der Waals surface area (Å²) >= 11 is 0. The number of carbonyl (C=O) groups is 2. The summed E-state index contributed by atoms with van der Waals surface area (Å²) in [6, 6.07) is 0. The molecular weight excluding hydrogens is 276 g/mol. The Kier molecular flexibility index (Phi) is 3.28. The van der Waals surface area contributed by atoms with E-state index < -0.39 is 38.4 Å². The molecule has 1 unspecified atom stereocenters. The maximum Gasteiger partial charge on any atom is 0.340 e. The summed E-state index contributed by atoms with van der Waals surface area (Å²) in [4.78, 5) is 21.9. The number of H-pyrrole nitrogens is 1. The van der Waals surface area contributed by atoms with Gasteiger partial charge < -0.3 is 10.8 Å². The topological polar surface area (TPSA) is 146 Å². The summed E-state index contributed by atoms with van der Waals surface area (Å²) in [5.41, 5.74) is 4.70. The van der Waals surface area contributed by atoms with Crippen molar-refractivity contribution in [3.05, 3.63) is 11.8 Å². The highest BCUT2D eigenvalue weighted by molar-refractivity contribution is 7.89. The first-order valence-corrected chi connectivity index (χ1v) is 6.84. The first-order valence-electron chi connectivity index (χ1n) is 5.40. The molecule has 0 bridgehead atoms. The fourth-order valence-electron chi connectivity index (χ4n) is 1.93. The molecule has 1 fully saturated rings. The zero-order chi connectivity index (χ0) is 14.2. The minimum atomic E-state index is -4.01. The van der Waals surface area contributed by atoms with Crippen LogP contribution in [0.2, 0.25) is 0 Å². The van der Waals surface area contributed by atoms with E-state index in [1.54, 1.807) is 0 Å². The van der Waals surface area contributed by atoms with Gasteiger partial charge in [-0.1, -0.05) is 0 Å². The Morgan fingerprint density at radius 2 is 2.21 bits per heavy atom. The molecule has 19 heavy (non-hydrogen) atoms. The quantitative estimate of drug-likeness (QED) is 0.621. The smallest absolute Gasteiger partial charge is 0.340 e. The van der Waals surface area contributed by atoms with Gasteiger partial charge in [0.05, 0.1) is 12.1 Å². The third-order valence-corrected chi connectivity index (χ3v) is 4.82. The van der Waals surface area contributed by atoms with Crippen molar-refractivity contribution in [3.63, 3.8) is 0 Å². The Morgan fingerprint density at radius 3 is 2.74 bits per heavy atom. The first-order chi connectivity index (χ1) is 8.84. The van der Waals surface area contributed by atoms with Crippen molar-refractivity contribution in [1.82, 2.24) is 14.5 Å². The minimum absolute atomic E-state index is 0.0459. The van der Waals surface area contributed by atoms with Gasteiger partial charge in [0.25, 0.3) is 10.0 Å². The number of nitrogens with zero attached hydrogens (tertiary/aromatic N) is 2. The van der Waals surface area contributed by atoms with Gasteiger partial charge >= 0.3 is 5.97 Å². The Hall–Kier alpha value is -1.94. The molecule has 4 N–H and O–H groups in total. The van der Waals surface area contributed by atoms with Crippen molar-refractivity contribution in [2.45, 2.75) is 11.4 Å². The second-order valence-electron chi connectivity index (χ2n) is 4.17. The average molecular weight is 288 g/mol. The van der Waals surface area contributed by atoms with E-state index in [1.807, 2.05) is 0 Å². The number of rotatable bonds is 4. The van der Waals surface area contributed by atoms with Gasteiger partial charge in [0.15, 0.2) is 5.03 Å². The van der Waals surface area contributed by atoms with Gasteiger partial charge in [-0.3, -0.25) is 9.89 Å². The fraction of sp³-hybridized carbons (Fsp3) is 0.444. The lowest BCUT2D eigenvalue weighted by Gasteiger charge is -2.15. The molecule has 0 aromatic carbocycles. The molecule has 0 saturated carbocycles. The largest absolute Gasteiger partial charge is 0.478 e. The number of hydrogen-bond donors (Lipinski definition) is 3. The van der Waals surface area contributed by atoms with Gasteiger partial charge in [-0.2, -0.15) is 9.40 Å². The Labute approximate surface area is 108 Å². The number of amides is 1. The molecule has 1 atom stereocenters. The van der Waals surface area contributed by atoms with E-state index in [4.69, 9.17) is 10.8 Å². The van der Waals surface area contributed by atoms with E-state index in [0.29, 0.717) is 6.42 Å². The number of carboxylic acids is 1. The number of aromatic carboxylic acids is 1. The van der Waals surface area contributed by atoms with Gasteiger partial charge in [-0.05, 0) is 6.42 Å². The summed E-state index contributed by atoms with van der Waals surface area (Å²) in [6.45, 7) is 0.0732. The zero-order valence-corrected chi connectivity index (χ0v) is 10.6. The molecule has 9 nitrogen and oxygen atoms in total. The first kappa shape index (κ1) is 13.5. The van der Waals surface area contributed by atoms with Crippen LogP contribution in [0, 0.1) is 5.92 Å². The van der Waals surface area contributed by atoms with Crippen molar-refractivity contribution < 1.29 is 23.1 Å². The molecule has 2 heterocycles. The van der Waals surface area contributed by atoms with Crippen molar-refractivity contribution in [2.24, 2.45) is 11.7 Å². The van der Waals surface area contributed by atoms with Crippen LogP contribution < -0.4 is 5.73 Å². The molecule has 1 aromatic rings. The minimum Gasteiger partial charge on any atom is -0.478 e. The van der Waals surface area contributed by atoms with Gasteiger partial charge in [0.2, 0.25) is 5.91 Å². The monoisotopic (exact) mass is 288 g/mol. The second-order valence-corrected chi connectivity index (χ2v) is 6.04. The van der Waals surface area contributed by atoms with Crippen LogP contribution in [0.15, 0.2) is 11.2 Å². The normalized spacial score (nSPS) is 20.5. The molecule has 1 aliphatic rings. The number of nitrogens with one attached hydrogen (secondary N) is 1. The molecule has 0 spiro atoms. The average Bonchev–Trinajstić information content (AvgIpc) is 2.98. The van der Waals surface area contributed by atoms with Gasteiger partial charge in [-0.25, -0.2) is 13.2 Å². The van der Waals surface area contributed by atoms with Crippen molar-refractivity contribution in [3.8, 4) is 0 Å². The zero-order valence-electron chi connectivity index (χ0n) is 9.74. The van der Waals surface area contributed by atoms with E-state index in [0.717, 1.165) is 10.5 Å². The lowest BCUT2D eigenvalue weighted by atomic mass is 10.1. The summed E-state index contributed by atoms with van der Waals surface area (Å²) < 4.78 is 25.5. The van der Waals surface area contributed by atoms with Gasteiger partial charge in [0, 0.05) is 13.1 Å². The van der Waals surface area contributed by atoms with E-state index in [2.05, 4.69) is 10.2 Å². The Morgan fingerprint density at radius 1 is 1.53 bits per heavy atom. The maximum absolute atomic E-state index is 12.2. The molecular formula is C9H12N4O5S. The third kappa shape index (κ3) is 2.31. The van der Waals surface area contributed by atoms with Crippen LogP contribution in [0.5, 0.6) is 0 Å². The molecule has 0 aliphatic carbocycles. The van der Waals surface area contributed by atoms with E-state index in [9.17, 15) is 18.0 Å². The molecule has 1 aliphatic heterocycles. The van der Waals surface area contributed by atoms with Crippen molar-refractivity contribution in [2.75, 3.05) is 13.1 Å². The highest BCUT2D eigenvalue weighted by Gasteiger charge is 2.37. The number of hydrogen-bond acceptors (Lipinski definition) is 5. The number of primary amides is 1. The summed E-state index contributed by atoms with van der Waals surface area (Å²) in [5, 5.41) is 14.0. The predicted octanol–water partition coefficient (Wildman–Crippen LogP) is -1.40. The van der Waals surface area contributed by atoms with Crippen molar-refractivity contribution >= 4 is 21.9 Å². The molecule has 10 heteroatoms. The van der Waals surface area contributed by atoms with Crippen LogP contribution in [0.4, 0.5) is 0 Å². The van der Waals surface area contributed by atoms with Crippen LogP contribution in [0.25, 0.3) is 0 Å². The number of carbonyl (C=O) groups excluding carboxylic acids is 1. The number of carboxylic acid groups (broad SMARTS) is 1. The maximum atomic E-state index is 12.2. The lowest BCUT2D eigenvalue weighted by Crippen LogP contribution is -2.32. The molecule has 2 rings (SSSR count). The summed E-state index contributed by atoms with van der Waals surface area (Å²) in [6.07, 6.45) is 1.25. The molecule has 0 radical (unpaired) electrons. The predicted molar refractivity (Wildman–Crippen MR) is 61.6 cm³/mol.